The van der Waals surface area contributed by atoms with Crippen molar-refractivity contribution in [2.45, 2.75) is 32.4 Å². The largest absolute Gasteiger partial charge is 0.407 e. The Morgan fingerprint density at radius 2 is 1.55 bits per heavy atom. The number of nitrogens with one attached hydrogen (secondary N) is 1. The second-order valence-electron chi connectivity index (χ2n) is 11.4. The number of ether oxygens (including phenoxy) is 2. The van der Waals surface area contributed by atoms with Gasteiger partial charge in [-0.25, -0.2) is 4.98 Å². The summed E-state index contributed by atoms with van der Waals surface area (Å²) in [6.07, 6.45) is 1.82. The molecule has 2 aromatic heterocycles. The lowest BCUT2D eigenvalue weighted by Gasteiger charge is -2.43. The number of aromatic nitrogens is 4. The average molecular weight is 580 g/mol. The van der Waals surface area contributed by atoms with Crippen LogP contribution in [0.1, 0.15) is 20.8 Å². The normalized spacial score (nSPS) is 19.2. The fourth-order valence-corrected chi connectivity index (χ4v) is 10.8. The third kappa shape index (κ3) is 5.53. The molecule has 212 valence electrons. The lowest BCUT2D eigenvalue weighted by atomic mass is 10.2. The Balaban J connectivity index is 1.45. The van der Waals surface area contributed by atoms with Gasteiger partial charge in [-0.3, -0.25) is 0 Å². The maximum atomic E-state index is 7.29. The van der Waals surface area contributed by atoms with Crippen LogP contribution < -0.4 is 15.7 Å². The highest BCUT2D eigenvalue weighted by atomic mass is 35.5. The zero-order chi connectivity index (χ0) is 28.3. The summed E-state index contributed by atoms with van der Waals surface area (Å²) in [5.41, 5.74) is 1.43. The minimum Gasteiger partial charge on any atom is -0.407 e. The Labute approximate surface area is 242 Å². The molecular formula is C30H38ClN5O3Si. The number of benzene rings is 2. The predicted octanol–water partition coefficient (Wildman–Crippen LogP) is 4.58. The van der Waals surface area contributed by atoms with Gasteiger partial charge >= 0.3 is 0 Å². The number of hydrogen-bond donors (Lipinski definition) is 1. The number of rotatable bonds is 12. The van der Waals surface area contributed by atoms with Crippen molar-refractivity contribution in [2.75, 3.05) is 39.5 Å². The van der Waals surface area contributed by atoms with Crippen LogP contribution in [0, 0.1) is 17.8 Å². The maximum Gasteiger partial charge on any atom is 0.261 e. The first kappa shape index (κ1) is 28.7. The molecule has 0 bridgehead atoms. The standard InChI is InChI=1S/C30H38ClN5O3Si/c1-30(2,3)40(21-12-8-6-9-13-21,22-14-10-7-11-15-22)39-18-25-23(24(25)17-38-20-37-5)16-36-19-33-26-27(32-4)34-29(31)35-28(26)36/h6-15,19,23-25H,16-18,20H2,1-5H3,(H,32,34,35)/t23-,24-,25-/m0/s1. The number of imidazole rings is 1. The molecule has 0 saturated heterocycles. The average Bonchev–Trinajstić information content (AvgIpc) is 3.44. The fourth-order valence-electron chi connectivity index (χ4n) is 5.99. The van der Waals surface area contributed by atoms with E-state index in [-0.39, 0.29) is 17.1 Å². The fraction of sp³-hybridized carbons (Fsp3) is 0.433. The second kappa shape index (κ2) is 12.0. The molecule has 1 aliphatic carbocycles. The lowest BCUT2D eigenvalue weighted by molar-refractivity contribution is -0.0370. The zero-order valence-corrected chi connectivity index (χ0v) is 25.6. The Hall–Kier alpha value is -2.82. The van der Waals surface area contributed by atoms with Crippen LogP contribution in [-0.2, 0) is 20.4 Å². The molecule has 0 radical (unpaired) electrons. The molecular weight excluding hydrogens is 542 g/mol. The molecule has 1 saturated carbocycles. The van der Waals surface area contributed by atoms with Gasteiger partial charge in [-0.15, -0.1) is 0 Å². The van der Waals surface area contributed by atoms with E-state index in [4.69, 9.17) is 25.5 Å². The van der Waals surface area contributed by atoms with E-state index in [9.17, 15) is 0 Å². The van der Waals surface area contributed by atoms with Gasteiger partial charge in [0.2, 0.25) is 5.28 Å². The van der Waals surface area contributed by atoms with E-state index in [2.05, 4.69) is 106 Å². The van der Waals surface area contributed by atoms with Crippen LogP contribution in [0.25, 0.3) is 11.2 Å². The lowest BCUT2D eigenvalue weighted by Crippen LogP contribution is -2.66. The summed E-state index contributed by atoms with van der Waals surface area (Å²) >= 11 is 6.23. The zero-order valence-electron chi connectivity index (χ0n) is 23.8. The van der Waals surface area contributed by atoms with E-state index in [0.29, 0.717) is 42.3 Å². The van der Waals surface area contributed by atoms with E-state index in [1.165, 1.54) is 10.4 Å². The molecule has 0 aliphatic heterocycles. The molecule has 0 spiro atoms. The van der Waals surface area contributed by atoms with Gasteiger partial charge in [0.05, 0.1) is 12.9 Å². The molecule has 4 aromatic rings. The molecule has 0 unspecified atom stereocenters. The van der Waals surface area contributed by atoms with Crippen molar-refractivity contribution in [2.24, 2.45) is 17.8 Å². The van der Waals surface area contributed by atoms with Crippen molar-refractivity contribution in [3.05, 3.63) is 72.3 Å². The molecule has 5 rings (SSSR count). The van der Waals surface area contributed by atoms with Crippen LogP contribution in [0.3, 0.4) is 0 Å². The minimum absolute atomic E-state index is 0.0834. The van der Waals surface area contributed by atoms with Gasteiger partial charge in [0.1, 0.15) is 6.79 Å². The van der Waals surface area contributed by atoms with Crippen LogP contribution in [0.15, 0.2) is 67.0 Å². The number of methoxy groups -OCH3 is 1. The molecule has 1 N–H and O–H groups in total. The highest BCUT2D eigenvalue weighted by molar-refractivity contribution is 6.99. The molecule has 3 atom stereocenters. The third-order valence-corrected chi connectivity index (χ3v) is 13.2. The van der Waals surface area contributed by atoms with Crippen LogP contribution in [0.4, 0.5) is 5.82 Å². The maximum absolute atomic E-state index is 7.29. The molecule has 1 fully saturated rings. The van der Waals surface area contributed by atoms with Crippen molar-refractivity contribution < 1.29 is 13.9 Å². The number of nitrogens with zero attached hydrogens (tertiary/aromatic N) is 4. The van der Waals surface area contributed by atoms with Gasteiger partial charge in [-0.05, 0) is 44.8 Å². The first-order chi connectivity index (χ1) is 19.3. The summed E-state index contributed by atoms with van der Waals surface area (Å²) in [4.78, 5) is 13.3. The van der Waals surface area contributed by atoms with Crippen LogP contribution in [0.2, 0.25) is 10.3 Å². The van der Waals surface area contributed by atoms with Gasteiger partial charge in [-0.1, -0.05) is 81.4 Å². The molecule has 2 heterocycles. The van der Waals surface area contributed by atoms with Gasteiger partial charge in [0.15, 0.2) is 17.0 Å². The first-order valence-corrected chi connectivity index (χ1v) is 16.0. The minimum atomic E-state index is -2.64. The molecule has 2 aromatic carbocycles. The molecule has 10 heteroatoms. The number of fused-ring (bicyclic) bond motifs is 1. The highest BCUT2D eigenvalue weighted by Crippen LogP contribution is 2.49. The smallest absolute Gasteiger partial charge is 0.261 e. The summed E-state index contributed by atoms with van der Waals surface area (Å²) < 4.78 is 20.4. The van der Waals surface area contributed by atoms with E-state index in [0.717, 1.165) is 12.2 Å². The number of anilines is 1. The van der Waals surface area contributed by atoms with Crippen molar-refractivity contribution in [3.8, 4) is 0 Å². The van der Waals surface area contributed by atoms with Crippen LogP contribution in [0.5, 0.6) is 0 Å². The highest BCUT2D eigenvalue weighted by Gasteiger charge is 2.55. The Morgan fingerprint density at radius 3 is 2.12 bits per heavy atom. The Bertz CT molecular complexity index is 1370. The van der Waals surface area contributed by atoms with Gasteiger partial charge in [-0.2, -0.15) is 9.97 Å². The van der Waals surface area contributed by atoms with Crippen LogP contribution in [-0.4, -0.2) is 62.0 Å². The summed E-state index contributed by atoms with van der Waals surface area (Å²) in [5, 5.41) is 5.74. The summed E-state index contributed by atoms with van der Waals surface area (Å²) in [6, 6.07) is 21.5. The van der Waals surface area contributed by atoms with Crippen molar-refractivity contribution in [3.63, 3.8) is 0 Å². The van der Waals surface area contributed by atoms with E-state index < -0.39 is 8.32 Å². The molecule has 40 heavy (non-hydrogen) atoms. The summed E-state index contributed by atoms with van der Waals surface area (Å²) in [7, 11) is 0.809. The third-order valence-electron chi connectivity index (χ3n) is 8.01. The topological polar surface area (TPSA) is 83.3 Å². The van der Waals surface area contributed by atoms with Crippen molar-refractivity contribution in [1.82, 2.24) is 19.5 Å². The quantitative estimate of drug-likeness (QED) is 0.114. The summed E-state index contributed by atoms with van der Waals surface area (Å²) in [6.45, 7) is 9.19. The summed E-state index contributed by atoms with van der Waals surface area (Å²) in [5.74, 6) is 1.60. The monoisotopic (exact) mass is 579 g/mol. The van der Waals surface area contributed by atoms with Crippen molar-refractivity contribution in [1.29, 1.82) is 0 Å². The number of halogens is 1. The number of hydrogen-bond acceptors (Lipinski definition) is 7. The van der Waals surface area contributed by atoms with Gasteiger partial charge in [0, 0.05) is 27.3 Å². The first-order valence-electron chi connectivity index (χ1n) is 13.7. The van der Waals surface area contributed by atoms with E-state index in [1.54, 1.807) is 14.2 Å². The molecule has 8 nitrogen and oxygen atoms in total. The Kier molecular flexibility index (Phi) is 8.58. The molecule has 1 aliphatic rings. The Morgan fingerprint density at radius 1 is 0.925 bits per heavy atom. The second-order valence-corrected chi connectivity index (χ2v) is 16.0. The SMILES string of the molecule is CNc1nc(Cl)nc2c1ncn2C[C@H]1[C@H](COCOC)[C@H]1CO[Si](c1ccccc1)(c1ccccc1)C(C)(C)C. The van der Waals surface area contributed by atoms with E-state index >= 15 is 0 Å². The van der Waals surface area contributed by atoms with Crippen LogP contribution >= 0.6 is 11.6 Å². The van der Waals surface area contributed by atoms with Crippen molar-refractivity contribution >= 4 is 47.3 Å². The van der Waals surface area contributed by atoms with E-state index in [1.807, 2.05) is 6.33 Å². The molecule has 0 amide bonds. The predicted molar refractivity (Wildman–Crippen MR) is 162 cm³/mol. The van der Waals surface area contributed by atoms with Gasteiger partial charge in [0.25, 0.3) is 8.32 Å². The van der Waals surface area contributed by atoms with Gasteiger partial charge < -0.3 is 23.8 Å².